The molecule has 1 N–H and O–H groups in total. The molecule has 0 spiro atoms. The fourth-order valence-electron chi connectivity index (χ4n) is 2.49. The molecule has 1 atom stereocenters. The van der Waals surface area contributed by atoms with E-state index in [1.807, 2.05) is 42.8 Å². The first-order valence-corrected chi connectivity index (χ1v) is 9.26. The Hall–Kier alpha value is -2.67. The average molecular weight is 387 g/mol. The quantitative estimate of drug-likeness (QED) is 0.634. The Morgan fingerprint density at radius 2 is 1.93 bits per heavy atom. The van der Waals surface area contributed by atoms with Crippen molar-refractivity contribution in [2.24, 2.45) is 0 Å². The maximum Gasteiger partial charge on any atom is 0.237 e. The lowest BCUT2D eigenvalue weighted by Crippen LogP contribution is -2.23. The first-order valence-electron chi connectivity index (χ1n) is 8.38. The van der Waals surface area contributed by atoms with Crippen LogP contribution in [0.4, 0.5) is 14.5 Å². The Labute approximate surface area is 160 Å². The zero-order valence-corrected chi connectivity index (χ0v) is 16.0. The van der Waals surface area contributed by atoms with Crippen molar-refractivity contribution >= 4 is 23.4 Å². The Morgan fingerprint density at radius 1 is 1.15 bits per heavy atom. The van der Waals surface area contributed by atoms with Gasteiger partial charge in [0.2, 0.25) is 5.91 Å². The summed E-state index contributed by atoms with van der Waals surface area (Å²) in [5.74, 6) is -1.73. The van der Waals surface area contributed by atoms with Gasteiger partial charge in [0.15, 0.2) is 5.16 Å². The summed E-state index contributed by atoms with van der Waals surface area (Å²) in [6.45, 7) is 5.77. The van der Waals surface area contributed by atoms with Gasteiger partial charge in [-0.1, -0.05) is 17.8 Å². The minimum atomic E-state index is -0.682. The van der Waals surface area contributed by atoms with Gasteiger partial charge < -0.3 is 5.32 Å². The summed E-state index contributed by atoms with van der Waals surface area (Å²) in [6.07, 6.45) is 3.48. The molecule has 3 rings (SSSR count). The van der Waals surface area contributed by atoms with E-state index in [-0.39, 0.29) is 5.69 Å². The SMILES string of the molecule is Cc1ccc(-n2ccnc2SC(C)C(=O)Nc2cc(F)ccc2F)cc1C. The molecule has 0 saturated carbocycles. The van der Waals surface area contributed by atoms with Crippen LogP contribution < -0.4 is 5.32 Å². The van der Waals surface area contributed by atoms with E-state index in [1.165, 1.54) is 17.3 Å². The summed E-state index contributed by atoms with van der Waals surface area (Å²) in [5, 5.41) is 2.51. The number of aromatic nitrogens is 2. The number of nitrogens with one attached hydrogen (secondary N) is 1. The molecule has 4 nitrogen and oxygen atoms in total. The smallest absolute Gasteiger partial charge is 0.237 e. The lowest BCUT2D eigenvalue weighted by Gasteiger charge is -2.14. The van der Waals surface area contributed by atoms with Gasteiger partial charge in [-0.05, 0) is 56.2 Å². The molecule has 0 aliphatic heterocycles. The van der Waals surface area contributed by atoms with Crippen LogP contribution >= 0.6 is 11.8 Å². The summed E-state index contributed by atoms with van der Waals surface area (Å²) in [4.78, 5) is 16.7. The fourth-order valence-corrected chi connectivity index (χ4v) is 3.37. The number of thioether (sulfide) groups is 1. The zero-order chi connectivity index (χ0) is 19.6. The van der Waals surface area contributed by atoms with Crippen molar-refractivity contribution in [3.05, 3.63) is 71.6 Å². The van der Waals surface area contributed by atoms with Gasteiger partial charge in [0.1, 0.15) is 11.6 Å². The highest BCUT2D eigenvalue weighted by atomic mass is 32.2. The minimum Gasteiger partial charge on any atom is -0.323 e. The molecule has 3 aromatic rings. The van der Waals surface area contributed by atoms with E-state index in [9.17, 15) is 13.6 Å². The van der Waals surface area contributed by atoms with E-state index in [4.69, 9.17) is 0 Å². The summed E-state index contributed by atoms with van der Waals surface area (Å²) >= 11 is 1.24. The summed E-state index contributed by atoms with van der Waals surface area (Å²) in [5.41, 5.74) is 3.12. The van der Waals surface area contributed by atoms with Gasteiger partial charge in [-0.25, -0.2) is 13.8 Å². The van der Waals surface area contributed by atoms with Gasteiger partial charge in [-0.3, -0.25) is 9.36 Å². The molecule has 0 bridgehead atoms. The number of hydrogen-bond donors (Lipinski definition) is 1. The largest absolute Gasteiger partial charge is 0.323 e. The molecule has 2 aromatic carbocycles. The second-order valence-corrected chi connectivity index (χ2v) is 7.53. The molecule has 1 amide bonds. The molecule has 0 aliphatic rings. The van der Waals surface area contributed by atoms with Gasteiger partial charge in [0.05, 0.1) is 10.9 Å². The Balaban J connectivity index is 1.75. The van der Waals surface area contributed by atoms with Crippen LogP contribution in [0, 0.1) is 25.5 Å². The monoisotopic (exact) mass is 387 g/mol. The molecule has 0 radical (unpaired) electrons. The van der Waals surface area contributed by atoms with Crippen molar-refractivity contribution in [2.45, 2.75) is 31.2 Å². The number of benzene rings is 2. The maximum atomic E-state index is 13.7. The number of carbonyl (C=O) groups excluding carboxylic acids is 1. The third-order valence-corrected chi connectivity index (χ3v) is 5.29. The Morgan fingerprint density at radius 3 is 2.67 bits per heavy atom. The maximum absolute atomic E-state index is 13.7. The molecular formula is C20H19F2N3OS. The predicted octanol–water partition coefficient (Wildman–Crippen LogP) is 4.89. The van der Waals surface area contributed by atoms with Gasteiger partial charge in [0, 0.05) is 24.1 Å². The minimum absolute atomic E-state index is 0.176. The van der Waals surface area contributed by atoms with Crippen LogP contribution in [0.5, 0.6) is 0 Å². The van der Waals surface area contributed by atoms with E-state index in [0.717, 1.165) is 29.4 Å². The highest BCUT2D eigenvalue weighted by Crippen LogP contribution is 2.26. The van der Waals surface area contributed by atoms with Crippen molar-refractivity contribution in [1.29, 1.82) is 0 Å². The predicted molar refractivity (Wildman–Crippen MR) is 103 cm³/mol. The molecular weight excluding hydrogens is 368 g/mol. The highest BCUT2D eigenvalue weighted by Gasteiger charge is 2.19. The molecule has 1 unspecified atom stereocenters. The van der Waals surface area contributed by atoms with Crippen molar-refractivity contribution in [2.75, 3.05) is 5.32 Å². The van der Waals surface area contributed by atoms with Gasteiger partial charge in [0.25, 0.3) is 0 Å². The molecule has 0 aliphatic carbocycles. The number of imidazole rings is 1. The fraction of sp³-hybridized carbons (Fsp3) is 0.200. The molecule has 1 aromatic heterocycles. The van der Waals surface area contributed by atoms with E-state index < -0.39 is 22.8 Å². The summed E-state index contributed by atoms with van der Waals surface area (Å²) < 4.78 is 28.9. The van der Waals surface area contributed by atoms with Crippen molar-refractivity contribution in [3.63, 3.8) is 0 Å². The zero-order valence-electron chi connectivity index (χ0n) is 15.2. The number of nitrogens with zero attached hydrogens (tertiary/aromatic N) is 2. The molecule has 0 saturated heterocycles. The van der Waals surface area contributed by atoms with Crippen LogP contribution in [0.2, 0.25) is 0 Å². The lowest BCUT2D eigenvalue weighted by atomic mass is 10.1. The van der Waals surface area contributed by atoms with Crippen LogP contribution in [0.3, 0.4) is 0 Å². The van der Waals surface area contributed by atoms with Crippen LogP contribution in [0.1, 0.15) is 18.1 Å². The molecule has 1 heterocycles. The topological polar surface area (TPSA) is 46.9 Å². The molecule has 7 heteroatoms. The van der Waals surface area contributed by atoms with Crippen LogP contribution in [-0.2, 0) is 4.79 Å². The second kappa shape index (κ2) is 7.92. The molecule has 140 valence electrons. The van der Waals surface area contributed by atoms with E-state index in [2.05, 4.69) is 10.3 Å². The van der Waals surface area contributed by atoms with Gasteiger partial charge in [-0.15, -0.1) is 0 Å². The normalized spacial score (nSPS) is 12.0. The third-order valence-electron chi connectivity index (χ3n) is 4.21. The molecule has 27 heavy (non-hydrogen) atoms. The number of rotatable bonds is 5. The number of halogens is 2. The standard InChI is InChI=1S/C20H19F2N3OS/c1-12-4-6-16(10-13(12)2)25-9-8-23-20(25)27-14(3)19(26)24-18-11-15(21)5-7-17(18)22/h4-11,14H,1-3H3,(H,24,26). The highest BCUT2D eigenvalue weighted by molar-refractivity contribution is 8.00. The first-order chi connectivity index (χ1) is 12.8. The average Bonchev–Trinajstić information content (AvgIpc) is 3.08. The van der Waals surface area contributed by atoms with Crippen LogP contribution in [0.25, 0.3) is 5.69 Å². The number of anilines is 1. The number of amides is 1. The summed E-state index contributed by atoms with van der Waals surface area (Å²) in [7, 11) is 0. The lowest BCUT2D eigenvalue weighted by molar-refractivity contribution is -0.115. The molecule has 0 fully saturated rings. The van der Waals surface area contributed by atoms with Crippen LogP contribution in [0.15, 0.2) is 53.9 Å². The Kier molecular flexibility index (Phi) is 5.60. The number of hydrogen-bond acceptors (Lipinski definition) is 3. The van der Waals surface area contributed by atoms with E-state index >= 15 is 0 Å². The number of carbonyl (C=O) groups is 1. The van der Waals surface area contributed by atoms with Gasteiger partial charge in [-0.2, -0.15) is 0 Å². The second-order valence-electron chi connectivity index (χ2n) is 6.22. The Bertz CT molecular complexity index is 987. The first kappa shape index (κ1) is 19.1. The van der Waals surface area contributed by atoms with Crippen molar-refractivity contribution in [3.8, 4) is 5.69 Å². The van der Waals surface area contributed by atoms with E-state index in [1.54, 1.807) is 13.1 Å². The van der Waals surface area contributed by atoms with Crippen LogP contribution in [-0.4, -0.2) is 20.7 Å². The third kappa shape index (κ3) is 4.36. The van der Waals surface area contributed by atoms with Gasteiger partial charge >= 0.3 is 0 Å². The summed E-state index contributed by atoms with van der Waals surface area (Å²) in [6, 6.07) is 9.01. The van der Waals surface area contributed by atoms with Crippen molar-refractivity contribution < 1.29 is 13.6 Å². The van der Waals surface area contributed by atoms with Crippen molar-refractivity contribution in [1.82, 2.24) is 9.55 Å². The number of aryl methyl sites for hydroxylation is 2. The van der Waals surface area contributed by atoms with E-state index in [0.29, 0.717) is 5.16 Å².